The molecule has 108 valence electrons. The molecule has 0 bridgehead atoms. The third-order valence-electron chi connectivity index (χ3n) is 3.91. The predicted octanol–water partition coefficient (Wildman–Crippen LogP) is 3.24. The molecule has 0 unspecified atom stereocenters. The van der Waals surface area contributed by atoms with E-state index in [1.165, 1.54) is 12.1 Å². The van der Waals surface area contributed by atoms with Gasteiger partial charge in [0.05, 0.1) is 22.7 Å². The third-order valence-corrected chi connectivity index (χ3v) is 3.91. The first kappa shape index (κ1) is 12.6. The summed E-state index contributed by atoms with van der Waals surface area (Å²) in [6.45, 7) is 0. The maximum absolute atomic E-state index is 12.1. The summed E-state index contributed by atoms with van der Waals surface area (Å²) in [4.78, 5) is 25.9. The molecule has 22 heavy (non-hydrogen) atoms. The number of nitrogens with one attached hydrogen (secondary N) is 2. The molecule has 1 aliphatic rings. The van der Waals surface area contributed by atoms with Crippen LogP contribution in [0.15, 0.2) is 42.5 Å². The zero-order valence-electron chi connectivity index (χ0n) is 11.4. The van der Waals surface area contributed by atoms with Crippen molar-refractivity contribution in [1.29, 1.82) is 0 Å². The van der Waals surface area contributed by atoms with Crippen LogP contribution in [0.3, 0.4) is 0 Å². The Hall–Kier alpha value is -3.15. The van der Waals surface area contributed by atoms with E-state index in [9.17, 15) is 14.9 Å². The number of amides is 1. The minimum atomic E-state index is -0.427. The topological polar surface area (TPSA) is 88.0 Å². The largest absolute Gasteiger partial charge is 0.354 e. The molecule has 2 aromatic carbocycles. The van der Waals surface area contributed by atoms with E-state index < -0.39 is 4.92 Å². The highest BCUT2D eigenvalue weighted by molar-refractivity contribution is 6.05. The smallest absolute Gasteiger partial charge is 0.270 e. The number of hydrogen-bond acceptors (Lipinski definition) is 3. The Bertz CT molecular complexity index is 943. The molecule has 6 nitrogen and oxygen atoms in total. The van der Waals surface area contributed by atoms with Gasteiger partial charge in [-0.2, -0.15) is 0 Å². The van der Waals surface area contributed by atoms with Crippen molar-refractivity contribution in [3.63, 3.8) is 0 Å². The molecule has 3 aromatic rings. The minimum Gasteiger partial charge on any atom is -0.354 e. The second-order valence-corrected chi connectivity index (χ2v) is 5.24. The first-order chi connectivity index (χ1) is 10.6. The van der Waals surface area contributed by atoms with Crippen LogP contribution in [0.5, 0.6) is 0 Å². The highest BCUT2D eigenvalue weighted by Crippen LogP contribution is 2.38. The SMILES string of the molecule is O=[14C]1[14CH2]c2c([nH]c3ccc([N+](=O)[O-])cc23)-c2ccccc2N1. The quantitative estimate of drug-likeness (QED) is 0.534. The number of rotatable bonds is 1. The lowest BCUT2D eigenvalue weighted by Gasteiger charge is -2.05. The maximum Gasteiger partial charge on any atom is 0.270 e. The molecule has 0 saturated carbocycles. The second-order valence-electron chi connectivity index (χ2n) is 5.24. The van der Waals surface area contributed by atoms with Crippen molar-refractivity contribution >= 4 is 28.2 Å². The normalized spacial score (nSPS) is 13.2. The summed E-state index contributed by atoms with van der Waals surface area (Å²) in [6.07, 6.45) is 0.186. The molecule has 1 amide bonds. The fourth-order valence-electron chi connectivity index (χ4n) is 2.93. The van der Waals surface area contributed by atoms with Crippen LogP contribution >= 0.6 is 0 Å². The lowest BCUT2D eigenvalue weighted by Crippen LogP contribution is -2.12. The van der Waals surface area contributed by atoms with E-state index >= 15 is 0 Å². The highest BCUT2D eigenvalue weighted by atomic mass is 16.6. The van der Waals surface area contributed by atoms with Gasteiger partial charge < -0.3 is 10.3 Å². The number of nitro benzene ring substituents is 1. The van der Waals surface area contributed by atoms with Gasteiger partial charge in [-0.3, -0.25) is 14.9 Å². The Kier molecular flexibility index (Phi) is 2.53. The summed E-state index contributed by atoms with van der Waals surface area (Å²) >= 11 is 0. The summed E-state index contributed by atoms with van der Waals surface area (Å²) in [7, 11) is 0. The summed E-state index contributed by atoms with van der Waals surface area (Å²) in [5, 5.41) is 14.6. The number of nitrogens with zero attached hydrogens (tertiary/aromatic N) is 1. The Labute approximate surface area is 124 Å². The number of carbonyl (C=O) groups is 1. The molecule has 0 fully saturated rings. The number of para-hydroxylation sites is 1. The van der Waals surface area contributed by atoms with Gasteiger partial charge in [0.15, 0.2) is 0 Å². The molecule has 0 saturated heterocycles. The molecule has 2 N–H and O–H groups in total. The van der Waals surface area contributed by atoms with Gasteiger partial charge >= 0.3 is 0 Å². The Balaban J connectivity index is 2.05. The first-order valence-corrected chi connectivity index (χ1v) is 6.82. The van der Waals surface area contributed by atoms with E-state index in [-0.39, 0.29) is 18.0 Å². The molecule has 0 radical (unpaired) electrons. The Morgan fingerprint density at radius 1 is 1.18 bits per heavy atom. The lowest BCUT2D eigenvalue weighted by atomic mass is 10.1. The molecule has 0 aliphatic carbocycles. The van der Waals surface area contributed by atoms with E-state index in [2.05, 4.69) is 10.3 Å². The first-order valence-electron chi connectivity index (χ1n) is 6.82. The van der Waals surface area contributed by atoms with Crippen LogP contribution < -0.4 is 5.32 Å². The molecule has 1 aliphatic heterocycles. The Morgan fingerprint density at radius 2 is 2.00 bits per heavy atom. The van der Waals surface area contributed by atoms with E-state index in [1.54, 1.807) is 6.07 Å². The molecular formula is C16H11N3O3. The number of non-ortho nitro benzene ring substituents is 1. The number of H-pyrrole nitrogens is 1. The molecule has 1 aromatic heterocycles. The molecule has 2 heterocycles. The minimum absolute atomic E-state index is 0.0206. The monoisotopic (exact) mass is 297 g/mol. The van der Waals surface area contributed by atoms with Crippen LogP contribution in [-0.2, 0) is 11.2 Å². The standard InChI is InChI=1S/C16H11N3O3/c20-15-8-12-11-7-9(19(21)22)5-6-14(11)18-16(12)10-3-1-2-4-13(10)17-15/h1-7,18H,8H2,(H,17,20)/i8+2,15+2. The van der Waals surface area contributed by atoms with E-state index in [1.807, 2.05) is 24.3 Å². The van der Waals surface area contributed by atoms with Crippen LogP contribution in [0.4, 0.5) is 11.4 Å². The van der Waals surface area contributed by atoms with Gasteiger partial charge in [0.1, 0.15) is 0 Å². The number of aromatic nitrogens is 1. The fraction of sp³-hybridized carbons (Fsp3) is 0.0625. The van der Waals surface area contributed by atoms with Crippen LogP contribution in [0.25, 0.3) is 22.2 Å². The third kappa shape index (κ3) is 1.77. The lowest BCUT2D eigenvalue weighted by molar-refractivity contribution is -0.384. The summed E-state index contributed by atoms with van der Waals surface area (Å²) in [5.74, 6) is -0.126. The number of fused-ring (bicyclic) bond motifs is 5. The highest BCUT2D eigenvalue weighted by Gasteiger charge is 2.23. The predicted molar refractivity (Wildman–Crippen MR) is 82.7 cm³/mol. The number of benzene rings is 2. The van der Waals surface area contributed by atoms with Gasteiger partial charge in [0, 0.05) is 28.6 Å². The van der Waals surface area contributed by atoms with Crippen molar-refractivity contribution in [1.82, 2.24) is 4.98 Å². The van der Waals surface area contributed by atoms with Crippen molar-refractivity contribution in [2.45, 2.75) is 6.42 Å². The summed E-state index contributed by atoms with van der Waals surface area (Å²) < 4.78 is 0. The summed E-state index contributed by atoms with van der Waals surface area (Å²) in [5.41, 5.74) is 4.08. The van der Waals surface area contributed by atoms with Crippen molar-refractivity contribution in [3.05, 3.63) is 58.1 Å². The Morgan fingerprint density at radius 3 is 2.82 bits per heavy atom. The van der Waals surface area contributed by atoms with Gasteiger partial charge in [-0.15, -0.1) is 0 Å². The molecule has 4 rings (SSSR count). The van der Waals surface area contributed by atoms with Crippen molar-refractivity contribution in [2.75, 3.05) is 5.32 Å². The second kappa shape index (κ2) is 4.42. The van der Waals surface area contributed by atoms with E-state index in [0.29, 0.717) is 0 Å². The van der Waals surface area contributed by atoms with E-state index in [4.69, 9.17) is 0 Å². The number of aromatic amines is 1. The average molecular weight is 297 g/mol. The van der Waals surface area contributed by atoms with Gasteiger partial charge in [-0.25, -0.2) is 0 Å². The summed E-state index contributed by atoms with van der Waals surface area (Å²) in [6, 6.07) is 12.2. The van der Waals surface area contributed by atoms with Crippen LogP contribution in [0, 0.1) is 10.1 Å². The van der Waals surface area contributed by atoms with Crippen LogP contribution in [-0.4, -0.2) is 15.8 Å². The van der Waals surface area contributed by atoms with E-state index in [0.717, 1.165) is 33.4 Å². The van der Waals surface area contributed by atoms with Crippen LogP contribution in [0.1, 0.15) is 5.56 Å². The fourth-order valence-corrected chi connectivity index (χ4v) is 2.93. The number of nitro groups is 1. The van der Waals surface area contributed by atoms with Crippen molar-refractivity contribution in [2.24, 2.45) is 0 Å². The number of anilines is 1. The van der Waals surface area contributed by atoms with Crippen LogP contribution in [0.2, 0.25) is 0 Å². The molecule has 0 atom stereocenters. The molecular weight excluding hydrogens is 286 g/mol. The molecule has 6 heteroatoms. The number of carbonyl (C=O) groups excluding carboxylic acids is 1. The zero-order chi connectivity index (χ0) is 15.3. The maximum atomic E-state index is 12.1. The number of hydrogen-bond donors (Lipinski definition) is 2. The van der Waals surface area contributed by atoms with Crippen molar-refractivity contribution in [3.8, 4) is 11.3 Å². The zero-order valence-corrected chi connectivity index (χ0v) is 11.4. The van der Waals surface area contributed by atoms with Gasteiger partial charge in [-0.05, 0) is 17.7 Å². The average Bonchev–Trinajstić information content (AvgIpc) is 2.78. The van der Waals surface area contributed by atoms with Gasteiger partial charge in [0.2, 0.25) is 5.91 Å². The van der Waals surface area contributed by atoms with Crippen molar-refractivity contribution < 1.29 is 9.72 Å². The molecule has 0 spiro atoms. The van der Waals surface area contributed by atoms with Gasteiger partial charge in [0.25, 0.3) is 5.69 Å². The van der Waals surface area contributed by atoms with Gasteiger partial charge in [-0.1, -0.05) is 18.2 Å².